The Kier molecular flexibility index (Phi) is 4.89. The molecule has 1 heterocycles. The number of aliphatic hydroxyl groups excluding tert-OH is 2. The summed E-state index contributed by atoms with van der Waals surface area (Å²) in [5, 5.41) is 25.4. The highest BCUT2D eigenvalue weighted by Gasteiger charge is 2.24. The standard InChI is InChI=1S/C11H18BrN3O3/c1-7(2)15-10(18)9(12)8(4-13-15)14-11(3,5-16)6-17/h4,7,14,16-17H,5-6H2,1-3H3. The highest BCUT2D eigenvalue weighted by molar-refractivity contribution is 9.10. The normalized spacial score (nSPS) is 11.9. The number of halogens is 1. The third kappa shape index (κ3) is 3.09. The average molecular weight is 320 g/mol. The van der Waals surface area contributed by atoms with E-state index in [-0.39, 0.29) is 24.8 Å². The number of aromatic nitrogens is 2. The van der Waals surface area contributed by atoms with Gasteiger partial charge in [0.15, 0.2) is 0 Å². The molecule has 0 radical (unpaired) electrons. The molecule has 0 atom stereocenters. The van der Waals surface area contributed by atoms with Crippen LogP contribution in [0.3, 0.4) is 0 Å². The zero-order valence-corrected chi connectivity index (χ0v) is 12.2. The maximum atomic E-state index is 12.0. The van der Waals surface area contributed by atoms with Crippen molar-refractivity contribution in [3.63, 3.8) is 0 Å². The minimum absolute atomic E-state index is 0.0371. The monoisotopic (exact) mass is 319 g/mol. The molecular formula is C11H18BrN3O3. The number of aliphatic hydroxyl groups is 2. The van der Waals surface area contributed by atoms with Gasteiger partial charge in [0.2, 0.25) is 0 Å². The van der Waals surface area contributed by atoms with Crippen LogP contribution in [0, 0.1) is 0 Å². The van der Waals surface area contributed by atoms with E-state index in [1.54, 1.807) is 6.92 Å². The van der Waals surface area contributed by atoms with E-state index in [0.717, 1.165) is 0 Å². The number of rotatable bonds is 5. The van der Waals surface area contributed by atoms with E-state index in [1.165, 1.54) is 10.9 Å². The Morgan fingerprint density at radius 2 is 2.06 bits per heavy atom. The molecule has 18 heavy (non-hydrogen) atoms. The Labute approximate surface area is 114 Å². The van der Waals surface area contributed by atoms with E-state index < -0.39 is 5.54 Å². The molecule has 0 aliphatic carbocycles. The molecule has 1 rings (SSSR count). The lowest BCUT2D eigenvalue weighted by molar-refractivity contribution is 0.147. The second-order valence-corrected chi connectivity index (χ2v) is 5.51. The molecule has 0 bridgehead atoms. The maximum absolute atomic E-state index is 12.0. The van der Waals surface area contributed by atoms with Crippen LogP contribution in [-0.4, -0.2) is 38.7 Å². The molecule has 0 spiro atoms. The summed E-state index contributed by atoms with van der Waals surface area (Å²) in [7, 11) is 0. The van der Waals surface area contributed by atoms with Gasteiger partial charge in [-0.3, -0.25) is 4.79 Å². The molecular weight excluding hydrogens is 302 g/mol. The van der Waals surface area contributed by atoms with Gasteiger partial charge in [0.25, 0.3) is 5.56 Å². The Balaban J connectivity index is 3.14. The van der Waals surface area contributed by atoms with Crippen LogP contribution < -0.4 is 10.9 Å². The van der Waals surface area contributed by atoms with Gasteiger partial charge in [-0.1, -0.05) is 0 Å². The van der Waals surface area contributed by atoms with Crippen LogP contribution in [0.25, 0.3) is 0 Å². The first-order valence-corrected chi connectivity index (χ1v) is 6.41. The van der Waals surface area contributed by atoms with Crippen LogP contribution in [-0.2, 0) is 0 Å². The third-order valence-electron chi connectivity index (χ3n) is 2.57. The summed E-state index contributed by atoms with van der Waals surface area (Å²) in [6.45, 7) is 4.85. The second kappa shape index (κ2) is 5.81. The highest BCUT2D eigenvalue weighted by Crippen LogP contribution is 2.21. The van der Waals surface area contributed by atoms with E-state index in [0.29, 0.717) is 10.2 Å². The first-order valence-electron chi connectivity index (χ1n) is 5.62. The molecule has 0 fully saturated rings. The molecule has 0 aliphatic heterocycles. The first kappa shape index (κ1) is 15.1. The molecule has 7 heteroatoms. The van der Waals surface area contributed by atoms with Crippen LogP contribution in [0.4, 0.5) is 5.69 Å². The zero-order valence-electron chi connectivity index (χ0n) is 10.6. The summed E-state index contributed by atoms with van der Waals surface area (Å²) in [6, 6.07) is -0.0371. The topological polar surface area (TPSA) is 87.4 Å². The van der Waals surface area contributed by atoms with E-state index in [2.05, 4.69) is 26.3 Å². The van der Waals surface area contributed by atoms with Gasteiger partial charge in [0.1, 0.15) is 4.47 Å². The van der Waals surface area contributed by atoms with Crippen LogP contribution in [0.5, 0.6) is 0 Å². The van der Waals surface area contributed by atoms with Crippen LogP contribution in [0.2, 0.25) is 0 Å². The average Bonchev–Trinajstić information content (AvgIpc) is 2.34. The minimum atomic E-state index is -0.902. The van der Waals surface area contributed by atoms with Crippen molar-refractivity contribution < 1.29 is 10.2 Å². The van der Waals surface area contributed by atoms with Crippen LogP contribution >= 0.6 is 15.9 Å². The summed E-state index contributed by atoms with van der Waals surface area (Å²) >= 11 is 3.21. The lowest BCUT2D eigenvalue weighted by Gasteiger charge is -2.27. The van der Waals surface area contributed by atoms with Crippen LogP contribution in [0.1, 0.15) is 26.8 Å². The molecule has 0 aliphatic rings. The molecule has 6 nitrogen and oxygen atoms in total. The van der Waals surface area contributed by atoms with Crippen molar-refractivity contribution in [2.75, 3.05) is 18.5 Å². The minimum Gasteiger partial charge on any atom is -0.394 e. The van der Waals surface area contributed by atoms with Gasteiger partial charge in [0, 0.05) is 0 Å². The predicted octanol–water partition coefficient (Wildman–Crippen LogP) is 0.742. The molecule has 0 saturated carbocycles. The van der Waals surface area contributed by atoms with Crippen molar-refractivity contribution in [2.24, 2.45) is 0 Å². The second-order valence-electron chi connectivity index (χ2n) is 4.72. The van der Waals surface area contributed by atoms with Crippen molar-refractivity contribution in [1.82, 2.24) is 9.78 Å². The third-order valence-corrected chi connectivity index (χ3v) is 3.33. The molecule has 1 aromatic heterocycles. The number of hydrogen-bond donors (Lipinski definition) is 3. The zero-order chi connectivity index (χ0) is 13.9. The molecule has 1 aromatic rings. The summed E-state index contributed by atoms with van der Waals surface area (Å²) < 4.78 is 1.68. The smallest absolute Gasteiger partial charge is 0.283 e. The van der Waals surface area contributed by atoms with Gasteiger partial charge < -0.3 is 15.5 Å². The van der Waals surface area contributed by atoms with E-state index in [4.69, 9.17) is 0 Å². The maximum Gasteiger partial charge on any atom is 0.283 e. The molecule has 0 aromatic carbocycles. The summed E-state index contributed by atoms with van der Waals surface area (Å²) in [4.78, 5) is 12.0. The summed E-state index contributed by atoms with van der Waals surface area (Å²) in [5.41, 5.74) is -0.712. The Morgan fingerprint density at radius 3 is 2.50 bits per heavy atom. The Morgan fingerprint density at radius 1 is 1.50 bits per heavy atom. The van der Waals surface area contributed by atoms with Crippen molar-refractivity contribution in [3.05, 3.63) is 21.0 Å². The van der Waals surface area contributed by atoms with E-state index >= 15 is 0 Å². The molecule has 0 saturated heterocycles. The van der Waals surface area contributed by atoms with Gasteiger partial charge in [0.05, 0.1) is 36.7 Å². The molecule has 0 amide bonds. The summed E-state index contributed by atoms with van der Waals surface area (Å²) in [6.07, 6.45) is 1.50. The first-order chi connectivity index (χ1) is 8.34. The Hall–Kier alpha value is -0.920. The number of nitrogens with one attached hydrogen (secondary N) is 1. The number of anilines is 1. The largest absolute Gasteiger partial charge is 0.394 e. The molecule has 3 N–H and O–H groups in total. The molecule has 102 valence electrons. The number of nitrogens with zero attached hydrogens (tertiary/aromatic N) is 2. The molecule has 0 unspecified atom stereocenters. The van der Waals surface area contributed by atoms with Gasteiger partial charge in [-0.05, 0) is 36.7 Å². The Bertz CT molecular complexity index is 469. The van der Waals surface area contributed by atoms with Crippen molar-refractivity contribution >= 4 is 21.6 Å². The van der Waals surface area contributed by atoms with Gasteiger partial charge in [-0.25, -0.2) is 4.68 Å². The van der Waals surface area contributed by atoms with Crippen molar-refractivity contribution in [2.45, 2.75) is 32.4 Å². The van der Waals surface area contributed by atoms with Crippen molar-refractivity contribution in [1.29, 1.82) is 0 Å². The SMILES string of the molecule is CC(C)n1ncc(NC(C)(CO)CO)c(Br)c1=O. The quantitative estimate of drug-likeness (QED) is 0.745. The van der Waals surface area contributed by atoms with E-state index in [9.17, 15) is 15.0 Å². The lowest BCUT2D eigenvalue weighted by atomic mass is 10.1. The van der Waals surface area contributed by atoms with Crippen LogP contribution in [0.15, 0.2) is 15.5 Å². The summed E-state index contributed by atoms with van der Waals surface area (Å²) in [5.74, 6) is 0. The van der Waals surface area contributed by atoms with E-state index in [1.807, 2.05) is 13.8 Å². The lowest BCUT2D eigenvalue weighted by Crippen LogP contribution is -2.43. The van der Waals surface area contributed by atoms with Gasteiger partial charge in [-0.2, -0.15) is 5.10 Å². The van der Waals surface area contributed by atoms with Crippen molar-refractivity contribution in [3.8, 4) is 0 Å². The fourth-order valence-corrected chi connectivity index (χ4v) is 1.74. The highest BCUT2D eigenvalue weighted by atomic mass is 79.9. The fourth-order valence-electron chi connectivity index (χ4n) is 1.35. The van der Waals surface area contributed by atoms with Gasteiger partial charge >= 0.3 is 0 Å². The number of hydrogen-bond acceptors (Lipinski definition) is 5. The van der Waals surface area contributed by atoms with Gasteiger partial charge in [-0.15, -0.1) is 0 Å². The fraction of sp³-hybridized carbons (Fsp3) is 0.636. The predicted molar refractivity (Wildman–Crippen MR) is 72.8 cm³/mol.